The van der Waals surface area contributed by atoms with Gasteiger partial charge in [-0.1, -0.05) is 52.5 Å². The van der Waals surface area contributed by atoms with Gasteiger partial charge in [0.1, 0.15) is 0 Å². The Hall–Kier alpha value is 0.0400. The van der Waals surface area contributed by atoms with Gasteiger partial charge in [0.2, 0.25) is 0 Å². The first kappa shape index (κ1) is 13.5. The Morgan fingerprint density at radius 3 is 2.12 bits per heavy atom. The molecule has 1 aromatic heterocycles. The molecule has 0 radical (unpaired) electrons. The summed E-state index contributed by atoms with van der Waals surface area (Å²) < 4.78 is 1.14. The van der Waals surface area contributed by atoms with E-state index < -0.39 is 6.04 Å². The third kappa shape index (κ3) is 2.73. The van der Waals surface area contributed by atoms with Crippen LogP contribution in [0, 0.1) is 0 Å². The fraction of sp³-hybridized carbons (Fsp3) is 0.0909. The van der Waals surface area contributed by atoms with Gasteiger partial charge in [0, 0.05) is 21.2 Å². The Kier molecular flexibility index (Phi) is 4.24. The number of thiophene rings is 1. The van der Waals surface area contributed by atoms with Crippen molar-refractivity contribution in [3.63, 3.8) is 0 Å². The molecule has 0 amide bonds. The predicted molar refractivity (Wildman–Crippen MR) is 76.8 cm³/mol. The van der Waals surface area contributed by atoms with Crippen LogP contribution in [0.4, 0.5) is 0 Å². The van der Waals surface area contributed by atoms with Crippen LogP contribution in [0.2, 0.25) is 18.7 Å². The monoisotopic (exact) mass is 325 g/mol. The van der Waals surface area contributed by atoms with Gasteiger partial charge in [-0.25, -0.2) is 0 Å². The SMILES string of the molecule is NC(c1cc(Cl)sc1Cl)c1c(Cl)cccc1Cl. The summed E-state index contributed by atoms with van der Waals surface area (Å²) in [7, 11) is 0. The van der Waals surface area contributed by atoms with Crippen LogP contribution in [0.1, 0.15) is 17.2 Å². The molecule has 0 aliphatic heterocycles. The van der Waals surface area contributed by atoms with Gasteiger partial charge in [-0.15, -0.1) is 11.3 Å². The van der Waals surface area contributed by atoms with Crippen LogP contribution in [0.25, 0.3) is 0 Å². The fourth-order valence-corrected chi connectivity index (χ4v) is 3.71. The van der Waals surface area contributed by atoms with Crippen molar-refractivity contribution in [2.24, 2.45) is 5.73 Å². The van der Waals surface area contributed by atoms with E-state index in [0.717, 1.165) is 5.56 Å². The molecule has 17 heavy (non-hydrogen) atoms. The lowest BCUT2D eigenvalue weighted by Gasteiger charge is -2.14. The molecule has 2 N–H and O–H groups in total. The molecule has 0 aliphatic rings. The van der Waals surface area contributed by atoms with Gasteiger partial charge in [-0.3, -0.25) is 0 Å². The molecule has 1 heterocycles. The largest absolute Gasteiger partial charge is 0.320 e. The van der Waals surface area contributed by atoms with E-state index in [0.29, 0.717) is 24.3 Å². The summed E-state index contributed by atoms with van der Waals surface area (Å²) in [6.45, 7) is 0. The molecule has 0 saturated heterocycles. The fourth-order valence-electron chi connectivity index (χ4n) is 1.53. The average Bonchev–Trinajstić information content (AvgIpc) is 2.57. The number of rotatable bonds is 2. The molecule has 90 valence electrons. The number of nitrogens with two attached hydrogens (primary N) is 1. The summed E-state index contributed by atoms with van der Waals surface area (Å²) in [6.07, 6.45) is 0. The van der Waals surface area contributed by atoms with Crippen LogP contribution in [0.15, 0.2) is 24.3 Å². The third-order valence-electron chi connectivity index (χ3n) is 2.33. The first-order valence-electron chi connectivity index (χ1n) is 4.65. The van der Waals surface area contributed by atoms with Crippen molar-refractivity contribution in [1.82, 2.24) is 0 Å². The van der Waals surface area contributed by atoms with Gasteiger partial charge in [0.15, 0.2) is 0 Å². The highest BCUT2D eigenvalue weighted by Crippen LogP contribution is 2.40. The lowest BCUT2D eigenvalue weighted by molar-refractivity contribution is 0.878. The highest BCUT2D eigenvalue weighted by atomic mass is 35.5. The molecule has 0 saturated carbocycles. The molecule has 0 bridgehead atoms. The van der Waals surface area contributed by atoms with Crippen molar-refractivity contribution in [1.29, 1.82) is 0 Å². The first-order chi connectivity index (χ1) is 8.00. The molecule has 1 aromatic carbocycles. The maximum Gasteiger partial charge on any atom is 0.0995 e. The lowest BCUT2D eigenvalue weighted by atomic mass is 10.0. The van der Waals surface area contributed by atoms with E-state index in [1.54, 1.807) is 24.3 Å². The average molecular weight is 327 g/mol. The van der Waals surface area contributed by atoms with Crippen molar-refractivity contribution in [2.45, 2.75) is 6.04 Å². The predicted octanol–water partition coefficient (Wildman–Crippen LogP) is 5.41. The summed E-state index contributed by atoms with van der Waals surface area (Å²) in [5.74, 6) is 0. The molecule has 1 atom stereocenters. The molecular weight excluding hydrogens is 320 g/mol. The van der Waals surface area contributed by atoms with E-state index in [4.69, 9.17) is 52.1 Å². The van der Waals surface area contributed by atoms with Crippen molar-refractivity contribution >= 4 is 57.7 Å². The first-order valence-corrected chi connectivity index (χ1v) is 6.97. The van der Waals surface area contributed by atoms with Gasteiger partial charge in [0.25, 0.3) is 0 Å². The zero-order valence-corrected chi connectivity index (χ0v) is 12.2. The number of benzene rings is 1. The Balaban J connectivity index is 2.51. The molecule has 0 aliphatic carbocycles. The van der Waals surface area contributed by atoms with Crippen LogP contribution in [0.5, 0.6) is 0 Å². The van der Waals surface area contributed by atoms with E-state index in [-0.39, 0.29) is 0 Å². The molecule has 6 heteroatoms. The second-order valence-corrected chi connectivity index (χ2v) is 6.49. The number of hydrogen-bond donors (Lipinski definition) is 1. The van der Waals surface area contributed by atoms with E-state index in [9.17, 15) is 0 Å². The smallest absolute Gasteiger partial charge is 0.0995 e. The van der Waals surface area contributed by atoms with Crippen molar-refractivity contribution < 1.29 is 0 Å². The highest BCUT2D eigenvalue weighted by molar-refractivity contribution is 7.20. The van der Waals surface area contributed by atoms with E-state index >= 15 is 0 Å². The van der Waals surface area contributed by atoms with E-state index in [2.05, 4.69) is 0 Å². The normalized spacial score (nSPS) is 12.8. The maximum absolute atomic E-state index is 6.13. The van der Waals surface area contributed by atoms with Crippen molar-refractivity contribution in [3.8, 4) is 0 Å². The van der Waals surface area contributed by atoms with Gasteiger partial charge < -0.3 is 5.73 Å². The Morgan fingerprint density at radius 1 is 1.06 bits per heavy atom. The van der Waals surface area contributed by atoms with Gasteiger partial charge in [-0.05, 0) is 18.2 Å². The van der Waals surface area contributed by atoms with Crippen LogP contribution >= 0.6 is 57.7 Å². The minimum Gasteiger partial charge on any atom is -0.320 e. The summed E-state index contributed by atoms with van der Waals surface area (Å²) in [6, 6.07) is 6.50. The third-order valence-corrected chi connectivity index (χ3v) is 4.51. The van der Waals surface area contributed by atoms with E-state index in [1.165, 1.54) is 11.3 Å². The van der Waals surface area contributed by atoms with Crippen LogP contribution in [-0.4, -0.2) is 0 Å². The molecule has 2 rings (SSSR count). The standard InChI is InChI=1S/C11H7Cl4NS/c12-6-2-1-3-7(13)9(6)10(16)5-4-8(14)17-11(5)15/h1-4,10H,16H2. The zero-order valence-electron chi connectivity index (χ0n) is 8.38. The number of halogens is 4. The molecule has 1 nitrogen and oxygen atoms in total. The van der Waals surface area contributed by atoms with Crippen LogP contribution in [-0.2, 0) is 0 Å². The van der Waals surface area contributed by atoms with Crippen LogP contribution in [0.3, 0.4) is 0 Å². The molecule has 2 aromatic rings. The molecular formula is C11H7Cl4NS. The van der Waals surface area contributed by atoms with Crippen molar-refractivity contribution in [3.05, 3.63) is 54.1 Å². The van der Waals surface area contributed by atoms with Gasteiger partial charge in [-0.2, -0.15) is 0 Å². The van der Waals surface area contributed by atoms with E-state index in [1.807, 2.05) is 0 Å². The van der Waals surface area contributed by atoms with Gasteiger partial charge in [0.05, 0.1) is 14.7 Å². The summed E-state index contributed by atoms with van der Waals surface area (Å²) >= 11 is 25.4. The second-order valence-electron chi connectivity index (χ2n) is 3.39. The summed E-state index contributed by atoms with van der Waals surface area (Å²) in [4.78, 5) is 0. The topological polar surface area (TPSA) is 26.0 Å². The maximum atomic E-state index is 6.13. The van der Waals surface area contributed by atoms with Crippen molar-refractivity contribution in [2.75, 3.05) is 0 Å². The Bertz CT molecular complexity index is 532. The summed E-state index contributed by atoms with van der Waals surface area (Å²) in [5.41, 5.74) is 7.52. The lowest BCUT2D eigenvalue weighted by Crippen LogP contribution is -2.12. The van der Waals surface area contributed by atoms with Crippen LogP contribution < -0.4 is 5.73 Å². The second kappa shape index (κ2) is 5.35. The minimum atomic E-state index is -0.479. The Labute approximate surface area is 123 Å². The molecule has 0 spiro atoms. The molecule has 1 unspecified atom stereocenters. The Morgan fingerprint density at radius 2 is 1.65 bits per heavy atom. The molecule has 0 fully saturated rings. The number of hydrogen-bond acceptors (Lipinski definition) is 2. The quantitative estimate of drug-likeness (QED) is 0.784. The summed E-state index contributed by atoms with van der Waals surface area (Å²) in [5, 5.41) is 1.03. The highest BCUT2D eigenvalue weighted by Gasteiger charge is 2.20. The minimum absolute atomic E-state index is 0.479. The van der Waals surface area contributed by atoms with Gasteiger partial charge >= 0.3 is 0 Å². The zero-order chi connectivity index (χ0) is 12.6.